The summed E-state index contributed by atoms with van der Waals surface area (Å²) in [4.78, 5) is 27.0. The third-order valence-corrected chi connectivity index (χ3v) is 3.37. The minimum atomic E-state index is -1.25. The minimum Gasteiger partial charge on any atom is -0.478 e. The number of hydrogen-bond donors (Lipinski definition) is 2. The molecule has 8 nitrogen and oxygen atoms in total. The number of aliphatic hydroxyl groups excluding tert-OH is 1. The molecule has 0 saturated carbocycles. The molecule has 0 aliphatic carbocycles. The molecule has 0 spiro atoms. The maximum Gasteiger partial charge on any atom is 0.337 e. The van der Waals surface area contributed by atoms with Crippen LogP contribution < -0.4 is 4.90 Å². The van der Waals surface area contributed by atoms with Gasteiger partial charge < -0.3 is 15.1 Å². The SMILES string of the molecule is O=C(O)c1cnc(N2CCCC(CO)C2)c([N+](=O)[O-])c1. The minimum absolute atomic E-state index is 0.0253. The van der Waals surface area contributed by atoms with E-state index in [0.717, 1.165) is 25.1 Å². The van der Waals surface area contributed by atoms with Gasteiger partial charge in [-0.15, -0.1) is 0 Å². The second-order valence-corrected chi connectivity index (χ2v) is 4.77. The average molecular weight is 281 g/mol. The lowest BCUT2D eigenvalue weighted by Gasteiger charge is -2.32. The van der Waals surface area contributed by atoms with Crippen LogP contribution in [0.15, 0.2) is 12.3 Å². The topological polar surface area (TPSA) is 117 Å². The summed E-state index contributed by atoms with van der Waals surface area (Å²) in [5, 5.41) is 29.1. The van der Waals surface area contributed by atoms with Gasteiger partial charge >= 0.3 is 11.7 Å². The summed E-state index contributed by atoms with van der Waals surface area (Å²) in [6.07, 6.45) is 2.80. The number of carboxylic acids is 1. The molecule has 1 unspecified atom stereocenters. The van der Waals surface area contributed by atoms with E-state index in [1.165, 1.54) is 0 Å². The van der Waals surface area contributed by atoms with Crippen molar-refractivity contribution in [3.05, 3.63) is 27.9 Å². The molecule has 1 saturated heterocycles. The molecule has 0 bridgehead atoms. The van der Waals surface area contributed by atoms with E-state index in [-0.39, 0.29) is 29.6 Å². The number of aromatic carboxylic acids is 1. The van der Waals surface area contributed by atoms with Gasteiger partial charge in [0.1, 0.15) is 0 Å². The molecule has 1 fully saturated rings. The van der Waals surface area contributed by atoms with Crippen LogP contribution in [-0.4, -0.2) is 45.8 Å². The average Bonchev–Trinajstić information content (AvgIpc) is 2.46. The van der Waals surface area contributed by atoms with E-state index in [2.05, 4.69) is 4.98 Å². The first kappa shape index (κ1) is 14.2. The van der Waals surface area contributed by atoms with E-state index in [0.29, 0.717) is 13.1 Å². The fourth-order valence-corrected chi connectivity index (χ4v) is 2.35. The number of aromatic nitrogens is 1. The van der Waals surface area contributed by atoms with Crippen molar-refractivity contribution in [1.29, 1.82) is 0 Å². The maximum absolute atomic E-state index is 11.1. The predicted molar refractivity (Wildman–Crippen MR) is 69.9 cm³/mol. The van der Waals surface area contributed by atoms with Gasteiger partial charge in [-0.25, -0.2) is 9.78 Å². The molecule has 2 heterocycles. The number of anilines is 1. The van der Waals surface area contributed by atoms with Gasteiger partial charge in [-0.05, 0) is 18.8 Å². The van der Waals surface area contributed by atoms with Crippen molar-refractivity contribution >= 4 is 17.5 Å². The summed E-state index contributed by atoms with van der Waals surface area (Å²) < 4.78 is 0. The van der Waals surface area contributed by atoms with Gasteiger partial charge in [-0.2, -0.15) is 0 Å². The van der Waals surface area contributed by atoms with Gasteiger partial charge in [-0.3, -0.25) is 10.1 Å². The van der Waals surface area contributed by atoms with Gasteiger partial charge in [-0.1, -0.05) is 0 Å². The number of rotatable bonds is 4. The highest BCUT2D eigenvalue weighted by atomic mass is 16.6. The normalized spacial score (nSPS) is 18.9. The monoisotopic (exact) mass is 281 g/mol. The quantitative estimate of drug-likeness (QED) is 0.621. The van der Waals surface area contributed by atoms with E-state index < -0.39 is 10.9 Å². The number of hydrogen-bond acceptors (Lipinski definition) is 6. The van der Waals surface area contributed by atoms with E-state index in [1.54, 1.807) is 4.90 Å². The van der Waals surface area contributed by atoms with E-state index >= 15 is 0 Å². The van der Waals surface area contributed by atoms with Crippen LogP contribution in [0.4, 0.5) is 11.5 Å². The van der Waals surface area contributed by atoms with Crippen molar-refractivity contribution in [1.82, 2.24) is 4.98 Å². The van der Waals surface area contributed by atoms with Crippen LogP contribution in [-0.2, 0) is 0 Å². The number of piperidine rings is 1. The van der Waals surface area contributed by atoms with Crippen LogP contribution in [0.25, 0.3) is 0 Å². The number of pyridine rings is 1. The molecule has 0 radical (unpaired) electrons. The first-order valence-electron chi connectivity index (χ1n) is 6.26. The third-order valence-electron chi connectivity index (χ3n) is 3.37. The molecule has 2 N–H and O–H groups in total. The summed E-state index contributed by atoms with van der Waals surface area (Å²) in [6.45, 7) is 1.12. The molecule has 2 rings (SSSR count). The number of carboxylic acid groups (broad SMARTS) is 1. The van der Waals surface area contributed by atoms with Gasteiger partial charge in [0.2, 0.25) is 5.82 Å². The zero-order valence-corrected chi connectivity index (χ0v) is 10.7. The van der Waals surface area contributed by atoms with Crippen LogP contribution in [0, 0.1) is 16.0 Å². The Bertz CT molecular complexity index is 534. The smallest absolute Gasteiger partial charge is 0.337 e. The molecule has 1 aliphatic heterocycles. The molecule has 1 aromatic rings. The van der Waals surface area contributed by atoms with Gasteiger partial charge in [0.25, 0.3) is 0 Å². The zero-order chi connectivity index (χ0) is 14.7. The molecule has 108 valence electrons. The number of carbonyl (C=O) groups is 1. The molecular formula is C12H15N3O5. The fraction of sp³-hybridized carbons (Fsp3) is 0.500. The first-order chi connectivity index (χ1) is 9.52. The number of nitro groups is 1. The van der Waals surface area contributed by atoms with Crippen LogP contribution in [0.2, 0.25) is 0 Å². The second-order valence-electron chi connectivity index (χ2n) is 4.77. The van der Waals surface area contributed by atoms with Crippen molar-refractivity contribution in [2.24, 2.45) is 5.92 Å². The lowest BCUT2D eigenvalue weighted by molar-refractivity contribution is -0.384. The highest BCUT2D eigenvalue weighted by molar-refractivity contribution is 5.88. The summed E-state index contributed by atoms with van der Waals surface area (Å²) in [5.41, 5.74) is -0.528. The Morgan fingerprint density at radius 3 is 2.95 bits per heavy atom. The van der Waals surface area contributed by atoms with Crippen LogP contribution in [0.3, 0.4) is 0 Å². The molecular weight excluding hydrogens is 266 g/mol. The van der Waals surface area contributed by atoms with Crippen molar-refractivity contribution in [2.45, 2.75) is 12.8 Å². The van der Waals surface area contributed by atoms with E-state index in [4.69, 9.17) is 5.11 Å². The Kier molecular flexibility index (Phi) is 4.14. The maximum atomic E-state index is 11.1. The summed E-state index contributed by atoms with van der Waals surface area (Å²) in [6, 6.07) is 1.02. The zero-order valence-electron chi connectivity index (χ0n) is 10.7. The third kappa shape index (κ3) is 2.85. The Labute approximate surface area is 114 Å². The first-order valence-corrected chi connectivity index (χ1v) is 6.26. The molecule has 1 aliphatic rings. The largest absolute Gasteiger partial charge is 0.478 e. The summed E-state index contributed by atoms with van der Waals surface area (Å²) >= 11 is 0. The molecule has 1 atom stereocenters. The second kappa shape index (κ2) is 5.83. The van der Waals surface area contributed by atoms with Gasteiger partial charge in [0.05, 0.1) is 10.5 Å². The lowest BCUT2D eigenvalue weighted by atomic mass is 9.99. The molecule has 0 amide bonds. The van der Waals surface area contributed by atoms with Crippen molar-refractivity contribution < 1.29 is 19.9 Å². The van der Waals surface area contributed by atoms with Gasteiger partial charge in [0.15, 0.2) is 0 Å². The Morgan fingerprint density at radius 1 is 1.60 bits per heavy atom. The molecule has 0 aromatic carbocycles. The summed E-state index contributed by atoms with van der Waals surface area (Å²) in [5.74, 6) is -1.03. The molecule has 1 aromatic heterocycles. The predicted octanol–water partition coefficient (Wildman–Crippen LogP) is 0.897. The van der Waals surface area contributed by atoms with Gasteiger partial charge in [0, 0.05) is 32.0 Å². The Morgan fingerprint density at radius 2 is 2.35 bits per heavy atom. The highest BCUT2D eigenvalue weighted by Crippen LogP contribution is 2.30. The molecule has 8 heteroatoms. The van der Waals surface area contributed by atoms with Crippen molar-refractivity contribution in [3.63, 3.8) is 0 Å². The number of nitrogens with zero attached hydrogens (tertiary/aromatic N) is 3. The van der Waals surface area contributed by atoms with Crippen LogP contribution >= 0.6 is 0 Å². The number of aliphatic hydroxyl groups is 1. The highest BCUT2D eigenvalue weighted by Gasteiger charge is 2.27. The lowest BCUT2D eigenvalue weighted by Crippen LogP contribution is -2.37. The van der Waals surface area contributed by atoms with Crippen LogP contribution in [0.5, 0.6) is 0 Å². The van der Waals surface area contributed by atoms with E-state index in [1.807, 2.05) is 0 Å². The van der Waals surface area contributed by atoms with Crippen LogP contribution in [0.1, 0.15) is 23.2 Å². The fourth-order valence-electron chi connectivity index (χ4n) is 2.35. The van der Waals surface area contributed by atoms with Crippen molar-refractivity contribution in [3.8, 4) is 0 Å². The summed E-state index contributed by atoms with van der Waals surface area (Å²) in [7, 11) is 0. The standard InChI is InChI=1S/C12H15N3O5/c16-7-8-2-1-3-14(6-8)11-10(15(19)20)4-9(5-13-11)12(17)18/h4-5,8,16H,1-3,6-7H2,(H,17,18). The van der Waals surface area contributed by atoms with Crippen molar-refractivity contribution in [2.75, 3.05) is 24.6 Å². The molecule has 20 heavy (non-hydrogen) atoms. The Hall–Kier alpha value is -2.22. The van der Waals surface area contributed by atoms with E-state index in [9.17, 15) is 20.0 Å². The Balaban J connectivity index is 2.35.